The van der Waals surface area contributed by atoms with Crippen LogP contribution in [0.4, 0.5) is 5.69 Å². The third-order valence-corrected chi connectivity index (χ3v) is 4.17. The van der Waals surface area contributed by atoms with E-state index in [-0.39, 0.29) is 4.90 Å². The Morgan fingerprint density at radius 3 is 2.71 bits per heavy atom. The van der Waals surface area contributed by atoms with Crippen molar-refractivity contribution in [1.82, 2.24) is 4.57 Å². The largest absolute Gasteiger partial charge is 0.380 e. The van der Waals surface area contributed by atoms with Crippen molar-refractivity contribution >= 4 is 27.3 Å². The van der Waals surface area contributed by atoms with Crippen molar-refractivity contribution in [1.29, 1.82) is 5.26 Å². The summed E-state index contributed by atoms with van der Waals surface area (Å²) in [5.41, 5.74) is 1.88. The second-order valence-electron chi connectivity index (χ2n) is 4.50. The minimum absolute atomic E-state index is 0.0137. The molecule has 1 heterocycles. The fourth-order valence-corrected chi connectivity index (χ4v) is 2.58. The number of nitrogens with zero attached hydrogens (tertiary/aromatic N) is 2. The first-order valence-electron chi connectivity index (χ1n) is 5.93. The third-order valence-electron chi connectivity index (χ3n) is 2.93. The van der Waals surface area contributed by atoms with E-state index in [2.05, 4.69) is 11.4 Å². The molecule has 0 unspecified atom stereocenters. The maximum absolute atomic E-state index is 11.3. The first-order valence-corrected chi connectivity index (χ1v) is 7.85. The van der Waals surface area contributed by atoms with Crippen molar-refractivity contribution < 1.29 is 8.42 Å². The molecule has 2 aromatic rings. The molecular weight excluding hydrogens is 312 g/mol. The molecule has 21 heavy (non-hydrogen) atoms. The van der Waals surface area contributed by atoms with Crippen LogP contribution < -0.4 is 10.5 Å². The molecule has 8 heteroatoms. The van der Waals surface area contributed by atoms with Gasteiger partial charge in [-0.25, -0.2) is 13.6 Å². The van der Waals surface area contributed by atoms with Crippen molar-refractivity contribution in [2.24, 2.45) is 12.2 Å². The Hall–Kier alpha value is -2.01. The molecule has 0 aliphatic heterocycles. The quantitative estimate of drug-likeness (QED) is 0.895. The second-order valence-corrected chi connectivity index (χ2v) is 6.47. The summed E-state index contributed by atoms with van der Waals surface area (Å²) >= 11 is 6.02. The molecule has 0 bridgehead atoms. The van der Waals surface area contributed by atoms with Gasteiger partial charge in [0.15, 0.2) is 0 Å². The summed E-state index contributed by atoms with van der Waals surface area (Å²) in [6, 6.07) is 8.00. The summed E-state index contributed by atoms with van der Waals surface area (Å²) in [6.45, 7) is 0.406. The van der Waals surface area contributed by atoms with Crippen molar-refractivity contribution in [3.05, 3.63) is 46.7 Å². The maximum Gasteiger partial charge on any atom is 0.238 e. The zero-order valence-corrected chi connectivity index (χ0v) is 12.7. The van der Waals surface area contributed by atoms with Gasteiger partial charge < -0.3 is 9.88 Å². The van der Waals surface area contributed by atoms with Crippen LogP contribution in [0.15, 0.2) is 35.4 Å². The lowest BCUT2D eigenvalue weighted by atomic mass is 10.2. The zero-order valence-electron chi connectivity index (χ0n) is 11.2. The predicted molar refractivity (Wildman–Crippen MR) is 80.3 cm³/mol. The van der Waals surface area contributed by atoms with Gasteiger partial charge >= 0.3 is 0 Å². The Bertz CT molecular complexity index is 821. The van der Waals surface area contributed by atoms with E-state index < -0.39 is 10.0 Å². The lowest BCUT2D eigenvalue weighted by Crippen LogP contribution is -2.12. The van der Waals surface area contributed by atoms with Crippen molar-refractivity contribution in [3.63, 3.8) is 0 Å². The maximum atomic E-state index is 11.3. The van der Waals surface area contributed by atoms with E-state index in [0.29, 0.717) is 22.9 Å². The summed E-state index contributed by atoms with van der Waals surface area (Å²) in [5, 5.41) is 17.4. The molecule has 1 aromatic heterocycles. The summed E-state index contributed by atoms with van der Waals surface area (Å²) < 4.78 is 24.4. The molecule has 3 N–H and O–H groups in total. The van der Waals surface area contributed by atoms with Crippen molar-refractivity contribution in [2.75, 3.05) is 5.32 Å². The Balaban J connectivity index is 2.21. The molecule has 0 spiro atoms. The average Bonchev–Trinajstić information content (AvgIpc) is 2.77. The highest BCUT2D eigenvalue weighted by molar-refractivity contribution is 7.89. The SMILES string of the molecule is Cn1cc(CNc2cc(S(N)(=O)=O)ccc2Cl)cc1C#N. The number of sulfonamides is 1. The van der Waals surface area contributed by atoms with Crippen LogP contribution in [0, 0.1) is 11.3 Å². The van der Waals surface area contributed by atoms with Crippen LogP contribution >= 0.6 is 11.6 Å². The molecule has 0 aliphatic carbocycles. The number of primary sulfonamides is 1. The minimum Gasteiger partial charge on any atom is -0.380 e. The van der Waals surface area contributed by atoms with Crippen LogP contribution in [0.1, 0.15) is 11.3 Å². The number of nitrogens with one attached hydrogen (secondary N) is 1. The van der Waals surface area contributed by atoms with E-state index in [1.807, 2.05) is 6.20 Å². The van der Waals surface area contributed by atoms with E-state index >= 15 is 0 Å². The van der Waals surface area contributed by atoms with Gasteiger partial charge in [0.05, 0.1) is 15.6 Å². The molecule has 0 saturated carbocycles. The molecule has 6 nitrogen and oxygen atoms in total. The smallest absolute Gasteiger partial charge is 0.238 e. The fourth-order valence-electron chi connectivity index (χ4n) is 1.85. The highest BCUT2D eigenvalue weighted by Crippen LogP contribution is 2.25. The van der Waals surface area contributed by atoms with Crippen LogP contribution in [0.3, 0.4) is 0 Å². The topological polar surface area (TPSA) is 101 Å². The van der Waals surface area contributed by atoms with Gasteiger partial charge in [-0.2, -0.15) is 5.26 Å². The van der Waals surface area contributed by atoms with Crippen LogP contribution in [-0.2, 0) is 23.6 Å². The Kier molecular flexibility index (Phi) is 4.23. The molecule has 0 atom stereocenters. The third kappa shape index (κ3) is 3.55. The number of aryl methyl sites for hydroxylation is 1. The summed E-state index contributed by atoms with van der Waals surface area (Å²) in [4.78, 5) is -0.0137. The number of benzene rings is 1. The fraction of sp³-hybridized carbons (Fsp3) is 0.154. The van der Waals surface area contributed by atoms with Gasteiger partial charge in [0, 0.05) is 19.8 Å². The van der Waals surface area contributed by atoms with Crippen molar-refractivity contribution in [3.8, 4) is 6.07 Å². The van der Waals surface area contributed by atoms with E-state index in [0.717, 1.165) is 5.56 Å². The van der Waals surface area contributed by atoms with Crippen LogP contribution in [-0.4, -0.2) is 13.0 Å². The Morgan fingerprint density at radius 2 is 2.14 bits per heavy atom. The zero-order chi connectivity index (χ0) is 15.6. The number of hydrogen-bond acceptors (Lipinski definition) is 4. The lowest BCUT2D eigenvalue weighted by Gasteiger charge is -2.09. The number of rotatable bonds is 4. The van der Waals surface area contributed by atoms with Crippen LogP contribution in [0.5, 0.6) is 0 Å². The van der Waals surface area contributed by atoms with Gasteiger partial charge in [-0.15, -0.1) is 0 Å². The summed E-state index contributed by atoms with van der Waals surface area (Å²) in [7, 11) is -2.00. The molecule has 0 fully saturated rings. The number of aromatic nitrogens is 1. The molecule has 1 aromatic carbocycles. The molecule has 2 rings (SSSR count). The van der Waals surface area contributed by atoms with E-state index in [4.69, 9.17) is 22.0 Å². The summed E-state index contributed by atoms with van der Waals surface area (Å²) in [6.07, 6.45) is 1.81. The highest BCUT2D eigenvalue weighted by atomic mass is 35.5. The van der Waals surface area contributed by atoms with Gasteiger partial charge in [-0.05, 0) is 29.8 Å². The molecular formula is C13H13ClN4O2S. The van der Waals surface area contributed by atoms with Gasteiger partial charge in [-0.3, -0.25) is 0 Å². The Morgan fingerprint density at radius 1 is 1.43 bits per heavy atom. The van der Waals surface area contributed by atoms with Gasteiger partial charge in [-0.1, -0.05) is 11.6 Å². The number of nitrogens with two attached hydrogens (primary N) is 1. The normalized spacial score (nSPS) is 11.1. The molecule has 0 aliphatic rings. The van der Waals surface area contributed by atoms with E-state index in [9.17, 15) is 8.42 Å². The Labute approximate surface area is 127 Å². The van der Waals surface area contributed by atoms with E-state index in [1.165, 1.54) is 18.2 Å². The number of nitriles is 1. The van der Waals surface area contributed by atoms with Gasteiger partial charge in [0.25, 0.3) is 0 Å². The molecule has 0 saturated heterocycles. The number of anilines is 1. The average molecular weight is 325 g/mol. The lowest BCUT2D eigenvalue weighted by molar-refractivity contribution is 0.598. The standard InChI is InChI=1S/C13H13ClN4O2S/c1-18-8-9(4-10(18)6-15)7-17-13-5-11(21(16,19)20)2-3-12(13)14/h2-5,8,17H,7H2,1H3,(H2,16,19,20). The van der Waals surface area contributed by atoms with E-state index in [1.54, 1.807) is 17.7 Å². The van der Waals surface area contributed by atoms with Crippen LogP contribution in [0.2, 0.25) is 5.02 Å². The minimum atomic E-state index is -3.78. The number of halogens is 1. The first-order chi connectivity index (χ1) is 9.81. The highest BCUT2D eigenvalue weighted by Gasteiger charge is 2.11. The van der Waals surface area contributed by atoms with Crippen molar-refractivity contribution in [2.45, 2.75) is 11.4 Å². The molecule has 0 amide bonds. The predicted octanol–water partition coefficient (Wildman–Crippen LogP) is 1.81. The number of hydrogen-bond donors (Lipinski definition) is 2. The first kappa shape index (κ1) is 15.4. The van der Waals surface area contributed by atoms with Gasteiger partial charge in [0.2, 0.25) is 10.0 Å². The molecule has 0 radical (unpaired) electrons. The molecule has 110 valence electrons. The van der Waals surface area contributed by atoms with Crippen LogP contribution in [0.25, 0.3) is 0 Å². The monoisotopic (exact) mass is 324 g/mol. The van der Waals surface area contributed by atoms with Gasteiger partial charge in [0.1, 0.15) is 11.8 Å². The summed E-state index contributed by atoms with van der Waals surface area (Å²) in [5.74, 6) is 0. The second kappa shape index (κ2) is 5.77.